The molecule has 0 atom stereocenters. The summed E-state index contributed by atoms with van der Waals surface area (Å²) < 4.78 is 0. The number of aryl methyl sites for hydroxylation is 1. The second-order valence-electron chi connectivity index (χ2n) is 4.74. The predicted octanol–water partition coefficient (Wildman–Crippen LogP) is 3.67. The van der Waals surface area contributed by atoms with E-state index in [1.165, 1.54) is 24.1 Å². The van der Waals surface area contributed by atoms with Gasteiger partial charge in [-0.05, 0) is 18.8 Å². The van der Waals surface area contributed by atoms with Crippen LogP contribution >= 0.6 is 22.9 Å². The van der Waals surface area contributed by atoms with Crippen molar-refractivity contribution in [1.29, 1.82) is 0 Å². The Balaban J connectivity index is 2.08. The lowest BCUT2D eigenvalue weighted by Crippen LogP contribution is -2.08. The summed E-state index contributed by atoms with van der Waals surface area (Å²) in [7, 11) is 0. The van der Waals surface area contributed by atoms with Crippen LogP contribution in [0, 0.1) is 0 Å². The lowest BCUT2D eigenvalue weighted by molar-refractivity contribution is 0.426. The summed E-state index contributed by atoms with van der Waals surface area (Å²) in [5, 5.41) is 1.07. The molecule has 0 bridgehead atoms. The van der Waals surface area contributed by atoms with Crippen LogP contribution < -0.4 is 5.73 Å². The van der Waals surface area contributed by atoms with Gasteiger partial charge in [0.2, 0.25) is 0 Å². The van der Waals surface area contributed by atoms with Crippen molar-refractivity contribution >= 4 is 28.1 Å². The zero-order chi connectivity index (χ0) is 13.4. The second kappa shape index (κ2) is 5.06. The van der Waals surface area contributed by atoms with Crippen molar-refractivity contribution in [3.63, 3.8) is 0 Å². The molecular formula is C13H15ClN4S. The van der Waals surface area contributed by atoms with E-state index in [9.17, 15) is 0 Å². The number of rotatable bonds is 3. The summed E-state index contributed by atoms with van der Waals surface area (Å²) in [6.07, 6.45) is 4.47. The third-order valence-electron chi connectivity index (χ3n) is 3.45. The van der Waals surface area contributed by atoms with Gasteiger partial charge in [-0.3, -0.25) is 0 Å². The Bertz CT molecular complexity index is 607. The van der Waals surface area contributed by atoms with Crippen LogP contribution in [0.2, 0.25) is 5.15 Å². The maximum atomic E-state index is 6.06. The quantitative estimate of drug-likeness (QED) is 0.877. The molecule has 0 amide bonds. The largest absolute Gasteiger partial charge is 0.375 e. The molecule has 1 saturated carbocycles. The van der Waals surface area contributed by atoms with Crippen molar-refractivity contribution in [3.05, 3.63) is 21.9 Å². The van der Waals surface area contributed by atoms with Crippen LogP contribution in [-0.4, -0.2) is 15.0 Å². The third-order valence-corrected chi connectivity index (χ3v) is 4.69. The molecule has 1 aliphatic carbocycles. The summed E-state index contributed by atoms with van der Waals surface area (Å²) in [5.74, 6) is 1.33. The summed E-state index contributed by atoms with van der Waals surface area (Å²) in [4.78, 5) is 14.4. The first-order valence-corrected chi connectivity index (χ1v) is 7.67. The Labute approximate surface area is 121 Å². The van der Waals surface area contributed by atoms with Gasteiger partial charge >= 0.3 is 0 Å². The van der Waals surface area contributed by atoms with E-state index in [0.717, 1.165) is 23.6 Å². The number of nitrogens with two attached hydrogens (primary N) is 1. The first-order valence-electron chi connectivity index (χ1n) is 6.47. The van der Waals surface area contributed by atoms with Crippen LogP contribution in [0.1, 0.15) is 42.8 Å². The smallest absolute Gasteiger partial charge is 0.180 e. The van der Waals surface area contributed by atoms with E-state index in [1.807, 2.05) is 6.92 Å². The van der Waals surface area contributed by atoms with Crippen LogP contribution in [0.25, 0.3) is 11.4 Å². The van der Waals surface area contributed by atoms with E-state index in [-0.39, 0.29) is 0 Å². The topological polar surface area (TPSA) is 64.7 Å². The highest BCUT2D eigenvalue weighted by Crippen LogP contribution is 2.44. The van der Waals surface area contributed by atoms with Crippen LogP contribution in [0.3, 0.4) is 0 Å². The predicted molar refractivity (Wildman–Crippen MR) is 78.5 cm³/mol. The molecule has 6 heteroatoms. The highest BCUT2D eigenvalue weighted by Gasteiger charge is 2.26. The maximum Gasteiger partial charge on any atom is 0.180 e. The van der Waals surface area contributed by atoms with E-state index in [0.29, 0.717) is 16.2 Å². The van der Waals surface area contributed by atoms with Crippen LogP contribution in [-0.2, 0) is 6.42 Å². The molecule has 0 aliphatic heterocycles. The standard InChI is InChI=1S/C13H15ClN4S/c1-2-10-16-8(6-9(14)17-10)11-12(7-4-3-5-7)19-13(15)18-11/h6-7H,2-5H2,1H3,(H2,15,18). The first-order chi connectivity index (χ1) is 9.17. The average molecular weight is 295 g/mol. The van der Waals surface area contributed by atoms with Gasteiger partial charge in [0, 0.05) is 17.4 Å². The van der Waals surface area contributed by atoms with Crippen molar-refractivity contribution in [2.24, 2.45) is 0 Å². The number of nitrogen functional groups attached to an aromatic ring is 1. The molecule has 0 saturated heterocycles. The van der Waals surface area contributed by atoms with Crippen LogP contribution in [0.15, 0.2) is 6.07 Å². The number of halogens is 1. The van der Waals surface area contributed by atoms with Gasteiger partial charge in [0.1, 0.15) is 16.7 Å². The Kier molecular flexibility index (Phi) is 3.41. The highest BCUT2D eigenvalue weighted by molar-refractivity contribution is 7.15. The molecule has 2 aromatic rings. The first kappa shape index (κ1) is 12.8. The molecule has 100 valence electrons. The van der Waals surface area contributed by atoms with Crippen molar-refractivity contribution < 1.29 is 0 Å². The van der Waals surface area contributed by atoms with Gasteiger partial charge in [-0.25, -0.2) is 15.0 Å². The number of hydrogen-bond donors (Lipinski definition) is 1. The summed E-state index contributed by atoms with van der Waals surface area (Å²) >= 11 is 7.63. The minimum atomic E-state index is 0.466. The average Bonchev–Trinajstić information content (AvgIpc) is 2.68. The van der Waals surface area contributed by atoms with Crippen LogP contribution in [0.5, 0.6) is 0 Å². The summed E-state index contributed by atoms with van der Waals surface area (Å²) in [6, 6.07) is 1.78. The number of thiazole rings is 1. The van der Waals surface area contributed by atoms with Gasteiger partial charge in [-0.15, -0.1) is 11.3 Å². The van der Waals surface area contributed by atoms with Crippen molar-refractivity contribution in [1.82, 2.24) is 15.0 Å². The fourth-order valence-electron chi connectivity index (χ4n) is 2.22. The molecule has 0 aromatic carbocycles. The molecule has 19 heavy (non-hydrogen) atoms. The van der Waals surface area contributed by atoms with Crippen molar-refractivity contribution in [3.8, 4) is 11.4 Å². The van der Waals surface area contributed by atoms with Gasteiger partial charge in [-0.1, -0.05) is 24.9 Å². The lowest BCUT2D eigenvalue weighted by Gasteiger charge is -2.24. The number of hydrogen-bond acceptors (Lipinski definition) is 5. The molecule has 2 aromatic heterocycles. The van der Waals surface area contributed by atoms with E-state index < -0.39 is 0 Å². The number of anilines is 1. The number of nitrogens with zero attached hydrogens (tertiary/aromatic N) is 3. The molecule has 3 rings (SSSR count). The summed E-state index contributed by atoms with van der Waals surface area (Å²) in [6.45, 7) is 2.01. The van der Waals surface area contributed by atoms with Crippen molar-refractivity contribution in [2.75, 3.05) is 5.73 Å². The van der Waals surface area contributed by atoms with E-state index in [2.05, 4.69) is 15.0 Å². The van der Waals surface area contributed by atoms with Gasteiger partial charge < -0.3 is 5.73 Å². The molecule has 1 aliphatic rings. The SMILES string of the molecule is CCc1nc(Cl)cc(-c2nc(N)sc2C2CCC2)n1. The molecule has 0 spiro atoms. The molecule has 2 N–H and O–H groups in total. The number of aromatic nitrogens is 3. The zero-order valence-corrected chi connectivity index (χ0v) is 12.3. The minimum absolute atomic E-state index is 0.466. The third kappa shape index (κ3) is 2.44. The lowest BCUT2D eigenvalue weighted by atomic mass is 9.83. The Morgan fingerprint density at radius 3 is 2.79 bits per heavy atom. The van der Waals surface area contributed by atoms with Crippen molar-refractivity contribution in [2.45, 2.75) is 38.5 Å². The fraction of sp³-hybridized carbons (Fsp3) is 0.462. The Morgan fingerprint density at radius 2 is 2.16 bits per heavy atom. The monoisotopic (exact) mass is 294 g/mol. The summed E-state index contributed by atoms with van der Waals surface area (Å²) in [5.41, 5.74) is 7.57. The second-order valence-corrected chi connectivity index (χ2v) is 6.19. The fourth-order valence-corrected chi connectivity index (χ4v) is 3.44. The van der Waals surface area contributed by atoms with E-state index in [4.69, 9.17) is 17.3 Å². The molecule has 2 heterocycles. The maximum absolute atomic E-state index is 6.06. The molecule has 4 nitrogen and oxygen atoms in total. The van der Waals surface area contributed by atoms with Gasteiger partial charge in [0.25, 0.3) is 0 Å². The molecule has 0 radical (unpaired) electrons. The van der Waals surface area contributed by atoms with E-state index in [1.54, 1.807) is 17.4 Å². The van der Waals surface area contributed by atoms with Gasteiger partial charge in [-0.2, -0.15) is 0 Å². The van der Waals surface area contributed by atoms with Crippen LogP contribution in [0.4, 0.5) is 5.13 Å². The van der Waals surface area contributed by atoms with Gasteiger partial charge in [0.05, 0.1) is 5.69 Å². The van der Waals surface area contributed by atoms with Gasteiger partial charge in [0.15, 0.2) is 5.13 Å². The molecule has 0 unspecified atom stereocenters. The minimum Gasteiger partial charge on any atom is -0.375 e. The Hall–Kier alpha value is -1.20. The Morgan fingerprint density at radius 1 is 1.37 bits per heavy atom. The molecular weight excluding hydrogens is 280 g/mol. The highest BCUT2D eigenvalue weighted by atomic mass is 35.5. The van der Waals surface area contributed by atoms with E-state index >= 15 is 0 Å². The zero-order valence-electron chi connectivity index (χ0n) is 10.7. The molecule has 1 fully saturated rings. The normalized spacial score (nSPS) is 15.5.